The Morgan fingerprint density at radius 3 is 1.84 bits per heavy atom. The zero-order valence-electron chi connectivity index (χ0n) is 31.2. The first-order valence-corrected chi connectivity index (χ1v) is 18.7. The number of hydrogen-bond donors (Lipinski definition) is 10. The van der Waals surface area contributed by atoms with Crippen molar-refractivity contribution in [2.75, 3.05) is 33.0 Å². The maximum atomic E-state index is 13.4. The molecule has 0 heterocycles. The lowest BCUT2D eigenvalue weighted by Crippen LogP contribution is -2.69. The smallest absolute Gasteiger partial charge is 0.119 e. The van der Waals surface area contributed by atoms with Gasteiger partial charge >= 0.3 is 0 Å². The molecule has 9 unspecified atom stereocenters. The van der Waals surface area contributed by atoms with Crippen LogP contribution in [0.15, 0.2) is 60.7 Å². The number of benzene rings is 2. The van der Waals surface area contributed by atoms with Crippen molar-refractivity contribution in [3.8, 4) is 0 Å². The second-order valence-corrected chi connectivity index (χ2v) is 16.4. The Kier molecular flexibility index (Phi) is 15.3. The van der Waals surface area contributed by atoms with Crippen LogP contribution in [0.3, 0.4) is 0 Å². The topological polar surface area (TPSA) is 202 Å². The van der Waals surface area contributed by atoms with E-state index in [1.54, 1.807) is 81.4 Å². The van der Waals surface area contributed by atoms with Crippen molar-refractivity contribution in [2.45, 2.75) is 120 Å². The van der Waals surface area contributed by atoms with Crippen LogP contribution in [0.4, 0.5) is 0 Å². The first-order valence-electron chi connectivity index (χ1n) is 18.7. The summed E-state index contributed by atoms with van der Waals surface area (Å²) in [4.78, 5) is 0. The minimum Gasteiger partial charge on any atom is -0.396 e. The van der Waals surface area contributed by atoms with Gasteiger partial charge < -0.3 is 51.1 Å². The maximum Gasteiger partial charge on any atom is 0.119 e. The van der Waals surface area contributed by atoms with Crippen molar-refractivity contribution in [2.24, 2.45) is 28.6 Å². The van der Waals surface area contributed by atoms with Gasteiger partial charge in [-0.15, -0.1) is 0 Å². The average Bonchev–Trinajstić information content (AvgIpc) is 3.12. The Morgan fingerprint density at radius 2 is 1.37 bits per heavy atom. The molecule has 0 radical (unpaired) electrons. The van der Waals surface area contributed by atoms with E-state index in [0.717, 1.165) is 0 Å². The first kappa shape index (κ1) is 43.4. The summed E-state index contributed by atoms with van der Waals surface area (Å²) in [7, 11) is 0. The molecule has 0 spiro atoms. The van der Waals surface area contributed by atoms with Crippen molar-refractivity contribution in [1.82, 2.24) is 0 Å². The standard InChI is InChI=1S/C41H66O10/c1-5-30(23-42)35(47)18-12-17-34-31(24-43)19-20-38(27-44,25-37(4,49)22-21-36(2,3)48)40(34,41(51,29-46)33-15-10-7-11-16-33)26-39(50,28-45)32-13-8-6-9-14-32/h6-11,13-16,30-31,34-35,42-51H,5,12,17-29H2,1-4H3. The second-order valence-electron chi connectivity index (χ2n) is 16.4. The molecule has 1 aliphatic rings. The molecular weight excluding hydrogens is 652 g/mol. The Labute approximate surface area is 304 Å². The van der Waals surface area contributed by atoms with Crippen LogP contribution in [0.25, 0.3) is 0 Å². The van der Waals surface area contributed by atoms with Crippen LogP contribution in [0, 0.1) is 28.6 Å². The minimum atomic E-state index is -2.20. The third-order valence-electron chi connectivity index (χ3n) is 12.4. The molecule has 1 saturated carbocycles. The van der Waals surface area contributed by atoms with Gasteiger partial charge in [0.2, 0.25) is 0 Å². The Bertz CT molecular complexity index is 1300. The van der Waals surface area contributed by atoms with Crippen molar-refractivity contribution in [3.05, 3.63) is 71.8 Å². The van der Waals surface area contributed by atoms with E-state index >= 15 is 0 Å². The summed E-state index contributed by atoms with van der Waals surface area (Å²) in [5.74, 6) is -1.56. The molecule has 10 heteroatoms. The number of hydrogen-bond acceptors (Lipinski definition) is 10. The molecule has 1 aliphatic carbocycles. The fourth-order valence-corrected chi connectivity index (χ4v) is 9.48. The van der Waals surface area contributed by atoms with Gasteiger partial charge in [0.25, 0.3) is 0 Å². The van der Waals surface area contributed by atoms with Crippen molar-refractivity contribution in [3.63, 3.8) is 0 Å². The largest absolute Gasteiger partial charge is 0.396 e. The van der Waals surface area contributed by atoms with Crippen LogP contribution >= 0.6 is 0 Å². The van der Waals surface area contributed by atoms with Gasteiger partial charge in [0.15, 0.2) is 0 Å². The summed E-state index contributed by atoms with van der Waals surface area (Å²) in [6.45, 7) is 4.13. The lowest BCUT2D eigenvalue weighted by atomic mass is 9.38. The molecule has 10 N–H and O–H groups in total. The summed E-state index contributed by atoms with van der Waals surface area (Å²) in [6, 6.07) is 17.1. The van der Waals surface area contributed by atoms with Crippen LogP contribution in [0.1, 0.15) is 103 Å². The quantitative estimate of drug-likeness (QED) is 0.0913. The molecule has 290 valence electrons. The molecule has 0 saturated heterocycles. The van der Waals surface area contributed by atoms with Gasteiger partial charge in [-0.1, -0.05) is 74.0 Å². The second kappa shape index (κ2) is 17.9. The van der Waals surface area contributed by atoms with Crippen molar-refractivity contribution < 1.29 is 51.1 Å². The summed E-state index contributed by atoms with van der Waals surface area (Å²) >= 11 is 0. The van der Waals surface area contributed by atoms with Crippen molar-refractivity contribution in [1.29, 1.82) is 0 Å². The zero-order valence-corrected chi connectivity index (χ0v) is 31.2. The Balaban J connectivity index is 2.44. The first-order chi connectivity index (χ1) is 24.0. The Morgan fingerprint density at radius 1 is 0.784 bits per heavy atom. The monoisotopic (exact) mass is 718 g/mol. The van der Waals surface area contributed by atoms with Gasteiger partial charge in [0, 0.05) is 36.6 Å². The van der Waals surface area contributed by atoms with E-state index in [1.165, 1.54) is 0 Å². The van der Waals surface area contributed by atoms with E-state index in [4.69, 9.17) is 0 Å². The lowest BCUT2D eigenvalue weighted by molar-refractivity contribution is -0.288. The molecule has 9 atom stereocenters. The van der Waals surface area contributed by atoms with Crippen LogP contribution in [-0.2, 0) is 11.2 Å². The average molecular weight is 719 g/mol. The SMILES string of the molecule is CCC(CO)C(O)CCCC1C(CO)CCC(CO)(CC(C)(O)CCC(C)(C)O)C1(CC(O)(CO)c1ccccc1)C(O)(CO)c1ccccc1. The van der Waals surface area contributed by atoms with Crippen molar-refractivity contribution >= 4 is 0 Å². The van der Waals surface area contributed by atoms with Gasteiger partial charge in [-0.05, 0) is 102 Å². The highest BCUT2D eigenvalue weighted by molar-refractivity contribution is 5.33. The summed E-state index contributed by atoms with van der Waals surface area (Å²) in [5.41, 5.74) is -9.31. The molecule has 0 aromatic heterocycles. The predicted molar refractivity (Wildman–Crippen MR) is 196 cm³/mol. The molecule has 1 fully saturated rings. The molecular formula is C41H66O10. The number of aliphatic hydroxyl groups is 10. The number of rotatable bonds is 21. The normalized spacial score (nSPS) is 27.6. The lowest BCUT2D eigenvalue weighted by Gasteiger charge is -2.67. The van der Waals surface area contributed by atoms with E-state index in [0.29, 0.717) is 36.8 Å². The fraction of sp³-hybridized carbons (Fsp3) is 0.707. The van der Waals surface area contributed by atoms with Gasteiger partial charge in [-0.3, -0.25) is 0 Å². The molecule has 0 bridgehead atoms. The highest BCUT2D eigenvalue weighted by Gasteiger charge is 2.71. The zero-order chi connectivity index (χ0) is 38.1. The van der Waals surface area contributed by atoms with E-state index in [9.17, 15) is 51.1 Å². The minimum absolute atomic E-state index is 0.0995. The van der Waals surface area contributed by atoms with Gasteiger partial charge in [-0.2, -0.15) is 0 Å². The molecule has 2 aromatic rings. The fourth-order valence-electron chi connectivity index (χ4n) is 9.48. The molecule has 0 amide bonds. The molecule has 2 aromatic carbocycles. The van der Waals surface area contributed by atoms with E-state index in [-0.39, 0.29) is 57.7 Å². The molecule has 0 aliphatic heterocycles. The third kappa shape index (κ3) is 9.41. The van der Waals surface area contributed by atoms with Crippen LogP contribution < -0.4 is 0 Å². The van der Waals surface area contributed by atoms with Gasteiger partial charge in [0.1, 0.15) is 11.2 Å². The van der Waals surface area contributed by atoms with E-state index < -0.39 is 71.0 Å². The van der Waals surface area contributed by atoms with E-state index in [1.807, 2.05) is 6.92 Å². The molecule has 10 nitrogen and oxygen atoms in total. The highest BCUT2D eigenvalue weighted by Crippen LogP contribution is 2.70. The third-order valence-corrected chi connectivity index (χ3v) is 12.4. The summed E-state index contributed by atoms with van der Waals surface area (Å²) in [5, 5.41) is 115. The summed E-state index contributed by atoms with van der Waals surface area (Å²) in [6.07, 6.45) is 1.19. The summed E-state index contributed by atoms with van der Waals surface area (Å²) < 4.78 is 0. The predicted octanol–water partition coefficient (Wildman–Crippen LogP) is 3.36. The van der Waals surface area contributed by atoms with Gasteiger partial charge in [0.05, 0.1) is 30.5 Å². The van der Waals surface area contributed by atoms with Gasteiger partial charge in [-0.25, -0.2) is 0 Å². The maximum absolute atomic E-state index is 13.4. The molecule has 3 rings (SSSR count). The molecule has 51 heavy (non-hydrogen) atoms. The van der Waals surface area contributed by atoms with Crippen LogP contribution in [-0.4, -0.2) is 101 Å². The number of aliphatic hydroxyl groups excluding tert-OH is 6. The van der Waals surface area contributed by atoms with Crippen LogP contribution in [0.2, 0.25) is 0 Å². The Hall–Kier alpha value is -1.96. The van der Waals surface area contributed by atoms with E-state index in [2.05, 4.69) is 0 Å². The highest BCUT2D eigenvalue weighted by atomic mass is 16.3. The van der Waals surface area contributed by atoms with Crippen LogP contribution in [0.5, 0.6) is 0 Å².